The van der Waals surface area contributed by atoms with Gasteiger partial charge in [0, 0.05) is 4.90 Å². The van der Waals surface area contributed by atoms with Crippen LogP contribution in [0.25, 0.3) is 0 Å². The van der Waals surface area contributed by atoms with Gasteiger partial charge in [0.15, 0.2) is 19.7 Å². The number of hydrogen-bond acceptors (Lipinski definition) is 11. The van der Waals surface area contributed by atoms with Crippen LogP contribution in [0.15, 0.2) is 35.2 Å². The van der Waals surface area contributed by atoms with Crippen LogP contribution in [0.5, 0.6) is 0 Å². The van der Waals surface area contributed by atoms with E-state index in [-0.39, 0.29) is 18.6 Å². The quantitative estimate of drug-likeness (QED) is 0.185. The van der Waals surface area contributed by atoms with Crippen molar-refractivity contribution in [1.82, 2.24) is 9.80 Å². The molecular formula is C24H28N2O10S3. The molecule has 4 heterocycles. The van der Waals surface area contributed by atoms with Crippen molar-refractivity contribution in [3.63, 3.8) is 0 Å². The molecule has 4 atom stereocenters. The Hall–Kier alpha value is -2.65. The first kappa shape index (κ1) is 27.9. The van der Waals surface area contributed by atoms with Gasteiger partial charge in [-0.1, -0.05) is 18.2 Å². The lowest BCUT2D eigenvalue weighted by molar-refractivity contribution is -0.195. The summed E-state index contributed by atoms with van der Waals surface area (Å²) in [6.07, 6.45) is -2.03. The zero-order valence-corrected chi connectivity index (χ0v) is 24.0. The number of esters is 2. The van der Waals surface area contributed by atoms with Crippen LogP contribution in [0.1, 0.15) is 40.5 Å². The fraction of sp³-hybridized carbons (Fsp3) is 0.583. The first-order valence-electron chi connectivity index (χ1n) is 12.2. The topological polar surface area (TPSA) is 161 Å². The molecule has 0 aromatic heterocycles. The van der Waals surface area contributed by atoms with Gasteiger partial charge in [-0.2, -0.15) is 0 Å². The molecule has 0 aliphatic carbocycles. The van der Waals surface area contributed by atoms with Gasteiger partial charge in [0.25, 0.3) is 6.29 Å². The maximum Gasteiger partial charge on any atom is 0.333 e. The molecule has 0 N–H and O–H groups in total. The van der Waals surface area contributed by atoms with E-state index in [0.717, 1.165) is 14.7 Å². The van der Waals surface area contributed by atoms with Crippen LogP contribution >= 0.6 is 11.8 Å². The van der Waals surface area contributed by atoms with Crippen molar-refractivity contribution >= 4 is 55.2 Å². The number of nitrogens with zero attached hydrogens (tertiary/aromatic N) is 2. The molecule has 212 valence electrons. The summed E-state index contributed by atoms with van der Waals surface area (Å²) in [6, 6.07) is 5.99. The minimum atomic E-state index is -3.88. The number of carbonyl (C=O) groups excluding carboxylic acids is 4. The average molecular weight is 601 g/mol. The molecule has 0 radical (unpaired) electrons. The van der Waals surface area contributed by atoms with Crippen LogP contribution in [0.3, 0.4) is 0 Å². The van der Waals surface area contributed by atoms with Crippen molar-refractivity contribution in [3.05, 3.63) is 30.3 Å². The highest BCUT2D eigenvalue weighted by Gasteiger charge is 2.70. The van der Waals surface area contributed by atoms with Gasteiger partial charge < -0.3 is 19.3 Å². The molecule has 15 heteroatoms. The summed E-state index contributed by atoms with van der Waals surface area (Å²) in [5.74, 6) is -3.27. The number of amides is 2. The molecule has 5 rings (SSSR count). The summed E-state index contributed by atoms with van der Waals surface area (Å²) in [6.45, 7) is 5.34. The molecule has 39 heavy (non-hydrogen) atoms. The van der Waals surface area contributed by atoms with Gasteiger partial charge in [-0.3, -0.25) is 9.59 Å². The van der Waals surface area contributed by atoms with Gasteiger partial charge in [0.05, 0.1) is 28.1 Å². The predicted molar refractivity (Wildman–Crippen MR) is 137 cm³/mol. The minimum Gasteiger partial charge on any atom is -0.423 e. The van der Waals surface area contributed by atoms with Crippen LogP contribution in [0, 0.1) is 0 Å². The van der Waals surface area contributed by atoms with E-state index >= 15 is 0 Å². The number of β-lactam (4-membered cyclic amide) rings is 2. The Morgan fingerprint density at radius 2 is 1.26 bits per heavy atom. The van der Waals surface area contributed by atoms with Crippen molar-refractivity contribution in [3.8, 4) is 0 Å². The van der Waals surface area contributed by atoms with Crippen LogP contribution in [0.4, 0.5) is 0 Å². The van der Waals surface area contributed by atoms with E-state index in [0.29, 0.717) is 0 Å². The van der Waals surface area contributed by atoms with Crippen molar-refractivity contribution in [2.75, 3.05) is 5.75 Å². The van der Waals surface area contributed by atoms with Gasteiger partial charge in [-0.25, -0.2) is 26.4 Å². The van der Waals surface area contributed by atoms with Crippen LogP contribution in [-0.4, -0.2) is 94.8 Å². The number of sulfone groups is 2. The van der Waals surface area contributed by atoms with Crippen LogP contribution < -0.4 is 0 Å². The molecule has 4 saturated heterocycles. The fourth-order valence-corrected chi connectivity index (χ4v) is 10.6. The number of rotatable bonds is 7. The summed E-state index contributed by atoms with van der Waals surface area (Å²) in [5, 5.41) is -2.26. The summed E-state index contributed by atoms with van der Waals surface area (Å²) >= 11 is 1.18. The lowest BCUT2D eigenvalue weighted by atomic mass is 9.98. The Labute approximate surface area is 230 Å². The highest BCUT2D eigenvalue weighted by Crippen LogP contribution is 2.47. The average Bonchev–Trinajstić information content (AvgIpc) is 3.06. The van der Waals surface area contributed by atoms with Gasteiger partial charge >= 0.3 is 11.9 Å². The highest BCUT2D eigenvalue weighted by molar-refractivity contribution is 7.99. The summed E-state index contributed by atoms with van der Waals surface area (Å²) in [7, 11) is -7.76. The first-order chi connectivity index (χ1) is 18.0. The molecule has 4 aliphatic heterocycles. The second kappa shape index (κ2) is 8.93. The van der Waals surface area contributed by atoms with Crippen molar-refractivity contribution < 1.29 is 45.5 Å². The normalized spacial score (nSPS) is 30.7. The minimum absolute atomic E-state index is 0.115. The third kappa shape index (κ3) is 3.90. The van der Waals surface area contributed by atoms with E-state index in [1.165, 1.54) is 39.5 Å². The van der Waals surface area contributed by atoms with E-state index in [1.54, 1.807) is 30.3 Å². The summed E-state index contributed by atoms with van der Waals surface area (Å²) in [4.78, 5) is 54.0. The number of hydrogen-bond donors (Lipinski definition) is 0. The van der Waals surface area contributed by atoms with Crippen molar-refractivity contribution in [1.29, 1.82) is 0 Å². The molecular weight excluding hydrogens is 572 g/mol. The molecule has 12 nitrogen and oxygen atoms in total. The number of thioether (sulfide) groups is 1. The molecule has 0 unspecified atom stereocenters. The van der Waals surface area contributed by atoms with Crippen molar-refractivity contribution in [2.24, 2.45) is 0 Å². The summed E-state index contributed by atoms with van der Waals surface area (Å²) < 4.78 is 59.5. The Bertz CT molecular complexity index is 1380. The van der Waals surface area contributed by atoms with Gasteiger partial charge in [-0.05, 0) is 39.8 Å². The molecule has 0 bridgehead atoms. The van der Waals surface area contributed by atoms with Gasteiger partial charge in [0.1, 0.15) is 22.8 Å². The van der Waals surface area contributed by atoms with E-state index in [9.17, 15) is 36.0 Å². The standard InChI is InChI=1S/C24H28N2O10S3/c1-23(2)19(25-14(27)10-16(25)38(23,31)32)21(29)35-18(12-37-13-8-6-5-7-9-13)36-22(30)20-24(3,4)39(33,34)17-11-15(28)26(17)20/h5-9,16-20H,10-12H2,1-4H3/t16-,17-,19+,20+/m1/s1. The SMILES string of the molecule is CC1(C)[C@H](C(=O)OC(CSc2ccccc2)OC(=O)[C@@H]2N3C(=O)C[C@H]3S(=O)(=O)C2(C)C)N2C(=O)C[C@H]2S1(=O)=O. The Balaban J connectivity index is 1.40. The summed E-state index contributed by atoms with van der Waals surface area (Å²) in [5.41, 5.74) is 0. The molecule has 0 spiro atoms. The third-order valence-corrected chi connectivity index (χ3v) is 14.7. The maximum absolute atomic E-state index is 13.4. The second-order valence-electron chi connectivity index (χ2n) is 10.9. The first-order valence-corrected chi connectivity index (χ1v) is 16.3. The fourth-order valence-electron chi connectivity index (χ4n) is 5.58. The predicted octanol–water partition coefficient (Wildman–Crippen LogP) is 0.459. The van der Waals surface area contributed by atoms with Gasteiger partial charge in [-0.15, -0.1) is 11.8 Å². The molecule has 2 amide bonds. The second-order valence-corrected chi connectivity index (χ2v) is 17.4. The molecule has 1 aromatic rings. The number of ether oxygens (including phenoxy) is 2. The molecule has 4 aliphatic rings. The lowest BCUT2D eigenvalue weighted by Gasteiger charge is -2.37. The Morgan fingerprint density at radius 1 is 0.846 bits per heavy atom. The molecule has 4 fully saturated rings. The van der Waals surface area contributed by atoms with E-state index < -0.39 is 82.0 Å². The highest BCUT2D eigenvalue weighted by atomic mass is 32.2. The largest absolute Gasteiger partial charge is 0.423 e. The van der Waals surface area contributed by atoms with Crippen molar-refractivity contribution in [2.45, 2.75) is 84.0 Å². The number of benzene rings is 1. The zero-order valence-electron chi connectivity index (χ0n) is 21.6. The van der Waals surface area contributed by atoms with Gasteiger partial charge in [0.2, 0.25) is 11.8 Å². The molecule has 1 aromatic carbocycles. The van der Waals surface area contributed by atoms with Crippen LogP contribution in [-0.2, 0) is 48.3 Å². The Kier molecular flexibility index (Phi) is 6.39. The zero-order chi connectivity index (χ0) is 28.7. The smallest absolute Gasteiger partial charge is 0.333 e. The monoisotopic (exact) mass is 600 g/mol. The molecule has 0 saturated carbocycles. The third-order valence-electron chi connectivity index (χ3n) is 8.02. The number of carbonyl (C=O) groups is 4. The number of fused-ring (bicyclic) bond motifs is 2. The van der Waals surface area contributed by atoms with E-state index in [4.69, 9.17) is 9.47 Å². The van der Waals surface area contributed by atoms with Crippen LogP contribution in [0.2, 0.25) is 0 Å². The lowest BCUT2D eigenvalue weighted by Crippen LogP contribution is -2.59. The van der Waals surface area contributed by atoms with E-state index in [2.05, 4.69) is 0 Å². The van der Waals surface area contributed by atoms with E-state index in [1.807, 2.05) is 0 Å². The Morgan fingerprint density at radius 3 is 1.64 bits per heavy atom. The maximum atomic E-state index is 13.4.